The Labute approximate surface area is 341 Å². The molecule has 0 bridgehead atoms. The van der Waals surface area contributed by atoms with Crippen LogP contribution in [0.4, 0.5) is 0 Å². The highest BCUT2D eigenvalue weighted by atomic mass is 32.2. The van der Waals surface area contributed by atoms with Crippen molar-refractivity contribution in [2.24, 2.45) is 0 Å². The third-order valence-corrected chi connectivity index (χ3v) is 12.6. The number of nitrogens with zero attached hydrogens (tertiary/aromatic N) is 4. The fourth-order valence-corrected chi connectivity index (χ4v) is 10.0. The number of nitriles is 1. The first-order valence-electron chi connectivity index (χ1n) is 19.3. The molecule has 1 aromatic heterocycles. The van der Waals surface area contributed by atoms with Gasteiger partial charge in [0.2, 0.25) is 0 Å². The summed E-state index contributed by atoms with van der Waals surface area (Å²) in [6, 6.07) is 70.5. The molecule has 4 nitrogen and oxygen atoms in total. The number of benzene rings is 8. The first-order valence-corrected chi connectivity index (χ1v) is 20.1. The lowest BCUT2D eigenvalue weighted by Crippen LogP contribution is -2.32. The predicted octanol–water partition coefficient (Wildman–Crippen LogP) is 12.9. The Balaban J connectivity index is 1.21. The van der Waals surface area contributed by atoms with Crippen molar-refractivity contribution in [1.29, 1.82) is 5.26 Å². The zero-order chi connectivity index (χ0) is 38.6. The van der Waals surface area contributed by atoms with Gasteiger partial charge >= 0.3 is 0 Å². The van der Waals surface area contributed by atoms with Crippen molar-refractivity contribution >= 4 is 11.8 Å². The van der Waals surface area contributed by atoms with Crippen LogP contribution in [0.1, 0.15) is 27.8 Å². The maximum atomic E-state index is 9.40. The number of hydrogen-bond acceptors (Lipinski definition) is 5. The van der Waals surface area contributed by atoms with Crippen molar-refractivity contribution in [2.45, 2.75) is 15.2 Å². The van der Waals surface area contributed by atoms with Crippen LogP contribution in [0.15, 0.2) is 204 Å². The summed E-state index contributed by atoms with van der Waals surface area (Å²) in [5.41, 5.74) is 14.6. The molecule has 1 spiro atoms. The fourth-order valence-electron chi connectivity index (χ4n) is 8.83. The third-order valence-electron chi connectivity index (χ3n) is 11.5. The lowest BCUT2D eigenvalue weighted by molar-refractivity contribution is 0.722. The fraction of sp³-hybridized carbons (Fsp3) is 0.0189. The van der Waals surface area contributed by atoms with Crippen LogP contribution in [-0.2, 0) is 5.41 Å². The smallest absolute Gasteiger partial charge is 0.164 e. The number of fused-ring (bicyclic) bond motifs is 9. The molecule has 1 aliphatic heterocycles. The second-order valence-electron chi connectivity index (χ2n) is 14.6. The largest absolute Gasteiger partial charge is 0.208 e. The molecular formula is C53H32N4S. The molecule has 0 atom stereocenters. The lowest BCUT2D eigenvalue weighted by atomic mass is 9.67. The van der Waals surface area contributed by atoms with Gasteiger partial charge in [0.05, 0.1) is 17.0 Å². The van der Waals surface area contributed by atoms with Crippen molar-refractivity contribution in [3.8, 4) is 73.6 Å². The molecule has 2 aliphatic rings. The van der Waals surface area contributed by atoms with Gasteiger partial charge in [-0.25, -0.2) is 15.0 Å². The molecule has 5 heteroatoms. The highest BCUT2D eigenvalue weighted by molar-refractivity contribution is 7.99. The van der Waals surface area contributed by atoms with Crippen LogP contribution in [0, 0.1) is 11.3 Å². The van der Waals surface area contributed by atoms with Gasteiger partial charge in [-0.1, -0.05) is 169 Å². The minimum Gasteiger partial charge on any atom is -0.208 e. The van der Waals surface area contributed by atoms with Crippen LogP contribution in [0.5, 0.6) is 0 Å². The van der Waals surface area contributed by atoms with Gasteiger partial charge in [-0.15, -0.1) is 0 Å². The van der Waals surface area contributed by atoms with Crippen molar-refractivity contribution in [2.75, 3.05) is 0 Å². The molecule has 0 saturated heterocycles. The molecule has 8 aromatic carbocycles. The van der Waals surface area contributed by atoms with Crippen LogP contribution in [-0.4, -0.2) is 15.0 Å². The Morgan fingerprint density at radius 2 is 0.845 bits per heavy atom. The van der Waals surface area contributed by atoms with Crippen molar-refractivity contribution in [3.05, 3.63) is 222 Å². The molecule has 2 heterocycles. The van der Waals surface area contributed by atoms with E-state index in [1.165, 1.54) is 43.2 Å². The molecule has 9 aromatic rings. The molecule has 0 unspecified atom stereocenters. The standard InChI is InChI=1S/C53H32N4S/c54-33-34-23-25-35(26-24-34)36-27-29-37(30-28-36)41-32-47-42(31-43(41)52-56-50(38-13-3-1-4-14-38)55-51(57-52)39-15-5-2-6-16-39)40-17-7-8-18-44(40)53(47)45-19-9-11-21-48(45)58-49-22-12-10-20-46(49)53/h1-32H. The van der Waals surface area contributed by atoms with E-state index < -0.39 is 5.41 Å². The Morgan fingerprint density at radius 1 is 0.362 bits per heavy atom. The van der Waals surface area contributed by atoms with Crippen LogP contribution in [0.25, 0.3) is 67.5 Å². The number of rotatable bonds is 5. The van der Waals surface area contributed by atoms with E-state index in [0.29, 0.717) is 23.0 Å². The number of hydrogen-bond donors (Lipinski definition) is 0. The average Bonchev–Trinajstić information content (AvgIpc) is 3.58. The molecule has 270 valence electrons. The lowest BCUT2D eigenvalue weighted by Gasteiger charge is -2.39. The predicted molar refractivity (Wildman–Crippen MR) is 233 cm³/mol. The summed E-state index contributed by atoms with van der Waals surface area (Å²) in [6.07, 6.45) is 0. The first kappa shape index (κ1) is 33.9. The van der Waals surface area contributed by atoms with E-state index in [9.17, 15) is 5.26 Å². The Morgan fingerprint density at radius 3 is 1.43 bits per heavy atom. The average molecular weight is 757 g/mol. The van der Waals surface area contributed by atoms with Crippen LogP contribution >= 0.6 is 11.8 Å². The van der Waals surface area contributed by atoms with E-state index in [1.54, 1.807) is 0 Å². The summed E-state index contributed by atoms with van der Waals surface area (Å²) in [4.78, 5) is 18.1. The second-order valence-corrected chi connectivity index (χ2v) is 15.7. The van der Waals surface area contributed by atoms with Crippen LogP contribution < -0.4 is 0 Å². The van der Waals surface area contributed by atoms with E-state index in [4.69, 9.17) is 15.0 Å². The molecule has 1 aliphatic carbocycles. The molecule has 0 amide bonds. The monoisotopic (exact) mass is 756 g/mol. The first-order chi connectivity index (χ1) is 28.7. The van der Waals surface area contributed by atoms with Crippen molar-refractivity contribution < 1.29 is 0 Å². The van der Waals surface area contributed by atoms with Crippen molar-refractivity contribution in [3.63, 3.8) is 0 Å². The summed E-state index contributed by atoms with van der Waals surface area (Å²) >= 11 is 1.85. The van der Waals surface area contributed by atoms with E-state index in [0.717, 1.165) is 38.9 Å². The van der Waals surface area contributed by atoms with Crippen LogP contribution in [0.2, 0.25) is 0 Å². The summed E-state index contributed by atoms with van der Waals surface area (Å²) < 4.78 is 0. The van der Waals surface area contributed by atoms with Gasteiger partial charge in [-0.3, -0.25) is 0 Å². The van der Waals surface area contributed by atoms with E-state index in [1.807, 2.05) is 72.4 Å². The van der Waals surface area contributed by atoms with Crippen molar-refractivity contribution in [1.82, 2.24) is 15.0 Å². The highest BCUT2D eigenvalue weighted by Crippen LogP contribution is 2.63. The van der Waals surface area contributed by atoms with Gasteiger partial charge < -0.3 is 0 Å². The molecule has 58 heavy (non-hydrogen) atoms. The highest BCUT2D eigenvalue weighted by Gasteiger charge is 2.50. The summed E-state index contributed by atoms with van der Waals surface area (Å²) in [6.45, 7) is 0. The molecule has 11 rings (SSSR count). The quantitative estimate of drug-likeness (QED) is 0.175. The Bertz CT molecular complexity index is 2980. The minimum atomic E-state index is -0.538. The third kappa shape index (κ3) is 5.34. The van der Waals surface area contributed by atoms with Gasteiger partial charge in [-0.2, -0.15) is 5.26 Å². The topological polar surface area (TPSA) is 62.5 Å². The van der Waals surface area contributed by atoms with E-state index in [-0.39, 0.29) is 0 Å². The van der Waals surface area contributed by atoms with Gasteiger partial charge in [0.15, 0.2) is 17.5 Å². The van der Waals surface area contributed by atoms with Crippen LogP contribution in [0.3, 0.4) is 0 Å². The maximum absolute atomic E-state index is 9.40. The second kappa shape index (κ2) is 13.7. The normalized spacial score (nSPS) is 12.9. The molecule has 0 radical (unpaired) electrons. The zero-order valence-corrected chi connectivity index (χ0v) is 32.0. The van der Waals surface area contributed by atoms with Gasteiger partial charge in [0.1, 0.15) is 0 Å². The zero-order valence-electron chi connectivity index (χ0n) is 31.2. The molecule has 0 fully saturated rings. The SMILES string of the molecule is N#Cc1ccc(-c2ccc(-c3cc4c(cc3-c3nc(-c5ccccc5)nc(-c5ccccc5)n3)-c3ccccc3C43c4ccccc4Sc4ccccc43)cc2)cc1. The van der Waals surface area contributed by atoms with Gasteiger partial charge in [0.25, 0.3) is 0 Å². The van der Waals surface area contributed by atoms with E-state index >= 15 is 0 Å². The maximum Gasteiger partial charge on any atom is 0.164 e. The summed E-state index contributed by atoms with van der Waals surface area (Å²) in [5.74, 6) is 1.85. The molecule has 0 N–H and O–H groups in total. The Hall–Kier alpha value is -7.39. The van der Waals surface area contributed by atoms with Gasteiger partial charge in [-0.05, 0) is 92.0 Å². The Kier molecular flexibility index (Phi) is 7.99. The van der Waals surface area contributed by atoms with E-state index in [2.05, 4.69) is 140 Å². The minimum absolute atomic E-state index is 0.538. The number of aromatic nitrogens is 3. The van der Waals surface area contributed by atoms with Gasteiger partial charge in [0, 0.05) is 26.5 Å². The molecular weight excluding hydrogens is 725 g/mol. The molecule has 0 saturated carbocycles. The summed E-state index contributed by atoms with van der Waals surface area (Å²) in [5, 5.41) is 9.40. The summed E-state index contributed by atoms with van der Waals surface area (Å²) in [7, 11) is 0.